The Morgan fingerprint density at radius 2 is 1.33 bits per heavy atom. The Labute approximate surface area is 150 Å². The molecule has 4 heteroatoms. The summed E-state index contributed by atoms with van der Waals surface area (Å²) in [5.74, 6) is 0. The molecule has 0 radical (unpaired) electrons. The van der Waals surface area contributed by atoms with Crippen molar-refractivity contribution in [3.63, 3.8) is 0 Å². The Morgan fingerprint density at radius 1 is 0.792 bits per heavy atom. The molecule has 0 aromatic heterocycles. The summed E-state index contributed by atoms with van der Waals surface area (Å²) in [6.45, 7) is 15.2. The third-order valence-corrected chi connectivity index (χ3v) is 21.0. The van der Waals surface area contributed by atoms with Gasteiger partial charge in [0.1, 0.15) is 6.10 Å². The van der Waals surface area contributed by atoms with Crippen LogP contribution >= 0.6 is 8.15 Å². The molecule has 128 valence electrons. The van der Waals surface area contributed by atoms with Gasteiger partial charge in [0.05, 0.1) is 24.3 Å². The van der Waals surface area contributed by atoms with Crippen LogP contribution in [0.5, 0.6) is 0 Å². The Bertz CT molecular complexity index is 690. The molecular formula is C20H29OPSi2. The van der Waals surface area contributed by atoms with Crippen molar-refractivity contribution < 1.29 is 4.52 Å². The van der Waals surface area contributed by atoms with E-state index in [9.17, 15) is 0 Å². The minimum Gasteiger partial charge on any atom is -0.342 e. The molecule has 0 spiro atoms. The maximum Gasteiger partial charge on any atom is 0.113 e. The first-order valence-electron chi connectivity index (χ1n) is 8.79. The molecule has 0 aliphatic carbocycles. The third kappa shape index (κ3) is 3.46. The molecule has 0 bridgehead atoms. The Hall–Kier alpha value is -0.736. The van der Waals surface area contributed by atoms with Crippen LogP contribution in [0, 0.1) is 0 Å². The van der Waals surface area contributed by atoms with Crippen LogP contribution in [-0.2, 0) is 4.52 Å². The van der Waals surface area contributed by atoms with Crippen LogP contribution in [0.3, 0.4) is 0 Å². The monoisotopic (exact) mass is 372 g/mol. The van der Waals surface area contributed by atoms with Crippen LogP contribution in [0.2, 0.25) is 39.3 Å². The molecule has 2 atom stereocenters. The summed E-state index contributed by atoms with van der Waals surface area (Å²) in [6.07, 6.45) is 0.115. The van der Waals surface area contributed by atoms with Crippen LogP contribution in [0.1, 0.15) is 17.2 Å². The van der Waals surface area contributed by atoms with E-state index in [0.717, 1.165) is 4.91 Å². The summed E-state index contributed by atoms with van der Waals surface area (Å²) in [6, 6.07) is 19.7. The summed E-state index contributed by atoms with van der Waals surface area (Å²) in [4.78, 5) is 0.773. The Balaban J connectivity index is 2.08. The quantitative estimate of drug-likeness (QED) is 0.476. The number of hydrogen-bond acceptors (Lipinski definition) is 1. The summed E-state index contributed by atoms with van der Waals surface area (Å²) < 4.78 is 6.87. The fraction of sp³-hybridized carbons (Fsp3) is 0.400. The molecule has 24 heavy (non-hydrogen) atoms. The van der Waals surface area contributed by atoms with Gasteiger partial charge < -0.3 is 4.52 Å². The largest absolute Gasteiger partial charge is 0.342 e. The highest BCUT2D eigenvalue weighted by atomic mass is 31.1. The molecule has 0 saturated heterocycles. The van der Waals surface area contributed by atoms with Crippen molar-refractivity contribution in [3.8, 4) is 0 Å². The first-order valence-corrected chi connectivity index (χ1v) is 17.3. The number of benzene rings is 2. The second kappa shape index (κ2) is 6.53. The second-order valence-corrected chi connectivity index (χ2v) is 22.9. The van der Waals surface area contributed by atoms with Gasteiger partial charge in [-0.15, -0.1) is 0 Å². The molecule has 1 heterocycles. The van der Waals surface area contributed by atoms with Crippen LogP contribution in [0.15, 0.2) is 54.6 Å². The lowest BCUT2D eigenvalue weighted by Gasteiger charge is -2.42. The predicted molar refractivity (Wildman–Crippen MR) is 113 cm³/mol. The predicted octanol–water partition coefficient (Wildman–Crippen LogP) is 5.95. The highest BCUT2D eigenvalue weighted by molar-refractivity contribution is 7.68. The van der Waals surface area contributed by atoms with E-state index in [2.05, 4.69) is 93.9 Å². The summed E-state index contributed by atoms with van der Waals surface area (Å²) in [5, 5.41) is 1.50. The Kier molecular flexibility index (Phi) is 4.92. The third-order valence-electron chi connectivity index (χ3n) is 4.65. The molecule has 0 fully saturated rings. The van der Waals surface area contributed by atoms with Gasteiger partial charge in [0, 0.05) is 5.30 Å². The highest BCUT2D eigenvalue weighted by Crippen LogP contribution is 2.58. The van der Waals surface area contributed by atoms with E-state index in [1.807, 2.05) is 0 Å². The van der Waals surface area contributed by atoms with Crippen molar-refractivity contribution in [2.24, 2.45) is 0 Å². The van der Waals surface area contributed by atoms with Crippen LogP contribution < -0.4 is 5.30 Å². The van der Waals surface area contributed by atoms with Crippen LogP contribution in [0.25, 0.3) is 0 Å². The smallest absolute Gasteiger partial charge is 0.113 e. The zero-order valence-electron chi connectivity index (χ0n) is 15.7. The van der Waals surface area contributed by atoms with Gasteiger partial charge in [0.25, 0.3) is 0 Å². The number of rotatable bonds is 4. The van der Waals surface area contributed by atoms with Gasteiger partial charge in [-0.3, -0.25) is 0 Å². The second-order valence-electron chi connectivity index (χ2n) is 8.92. The summed E-state index contributed by atoms with van der Waals surface area (Å²) in [7, 11) is -3.18. The average molecular weight is 373 g/mol. The van der Waals surface area contributed by atoms with E-state index < -0.39 is 24.3 Å². The van der Waals surface area contributed by atoms with Gasteiger partial charge in [0.2, 0.25) is 0 Å². The zero-order valence-corrected chi connectivity index (χ0v) is 18.6. The first kappa shape index (κ1) is 18.1. The van der Waals surface area contributed by atoms with Gasteiger partial charge in [-0.05, 0) is 16.0 Å². The van der Waals surface area contributed by atoms with Crippen LogP contribution in [-0.4, -0.2) is 21.1 Å². The average Bonchev–Trinajstić information content (AvgIpc) is 2.85. The molecule has 0 N–H and O–H groups in total. The molecule has 0 amide bonds. The molecule has 2 aromatic rings. The lowest BCUT2D eigenvalue weighted by molar-refractivity contribution is 0.293. The first-order chi connectivity index (χ1) is 11.2. The molecule has 1 nitrogen and oxygen atoms in total. The number of fused-ring (bicyclic) bond motifs is 1. The van der Waals surface area contributed by atoms with Crippen molar-refractivity contribution in [2.45, 2.75) is 50.3 Å². The summed E-state index contributed by atoms with van der Waals surface area (Å²) >= 11 is 0. The minimum atomic E-state index is -1.32. The van der Waals surface area contributed by atoms with Crippen molar-refractivity contribution >= 4 is 29.6 Å². The lowest BCUT2D eigenvalue weighted by atomic mass is 10.0. The van der Waals surface area contributed by atoms with Gasteiger partial charge in [-0.25, -0.2) is 0 Å². The van der Waals surface area contributed by atoms with E-state index in [1.165, 1.54) is 16.4 Å². The molecule has 1 aliphatic heterocycles. The zero-order chi connectivity index (χ0) is 17.5. The van der Waals surface area contributed by atoms with Crippen molar-refractivity contribution in [1.82, 2.24) is 0 Å². The van der Waals surface area contributed by atoms with Crippen molar-refractivity contribution in [3.05, 3.63) is 65.7 Å². The normalized spacial score (nSPS) is 21.1. The van der Waals surface area contributed by atoms with Crippen molar-refractivity contribution in [2.75, 3.05) is 0 Å². The SMILES string of the molecule is C[Si](C)(C)C(P1OC(c2ccccc2)c2ccccc21)[Si](C)(C)C. The topological polar surface area (TPSA) is 9.23 Å². The molecule has 0 saturated carbocycles. The van der Waals surface area contributed by atoms with E-state index in [4.69, 9.17) is 4.52 Å². The minimum absolute atomic E-state index is 0.115. The molecule has 3 rings (SSSR count). The molecule has 1 aliphatic rings. The van der Waals surface area contributed by atoms with E-state index in [1.54, 1.807) is 0 Å². The lowest BCUT2D eigenvalue weighted by Crippen LogP contribution is -2.53. The number of hydrogen-bond donors (Lipinski definition) is 0. The van der Waals surface area contributed by atoms with Gasteiger partial charge >= 0.3 is 0 Å². The fourth-order valence-electron chi connectivity index (χ4n) is 4.21. The maximum atomic E-state index is 6.87. The van der Waals surface area contributed by atoms with E-state index in [0.29, 0.717) is 0 Å². The standard InChI is InChI=1S/C20H29OPSi2/c1-23(2,3)20(24(4,5)6)22-18-15-11-10-14-17(18)19(21-22)16-12-8-7-9-13-16/h7-15,19-20H,1-6H3. The summed E-state index contributed by atoms with van der Waals surface area (Å²) in [5.41, 5.74) is 2.69. The maximum absolute atomic E-state index is 6.87. The van der Waals surface area contributed by atoms with Crippen LogP contribution in [0.4, 0.5) is 0 Å². The fourth-order valence-corrected chi connectivity index (χ4v) is 23.1. The van der Waals surface area contributed by atoms with Gasteiger partial charge in [-0.2, -0.15) is 0 Å². The molecule has 2 aromatic carbocycles. The van der Waals surface area contributed by atoms with Crippen molar-refractivity contribution in [1.29, 1.82) is 0 Å². The molecular weight excluding hydrogens is 343 g/mol. The van der Waals surface area contributed by atoms with Gasteiger partial charge in [-0.1, -0.05) is 93.9 Å². The van der Waals surface area contributed by atoms with E-state index >= 15 is 0 Å². The Morgan fingerprint density at radius 3 is 1.92 bits per heavy atom. The van der Waals surface area contributed by atoms with Gasteiger partial charge in [0.15, 0.2) is 0 Å². The van der Waals surface area contributed by atoms with E-state index in [-0.39, 0.29) is 6.10 Å². The molecule has 2 unspecified atom stereocenters. The highest BCUT2D eigenvalue weighted by Gasteiger charge is 2.48.